The number of nitrogens with one attached hydrogen (secondary N) is 1. The van der Waals surface area contributed by atoms with E-state index >= 15 is 0 Å². The van der Waals surface area contributed by atoms with Gasteiger partial charge in [0.15, 0.2) is 5.69 Å². The van der Waals surface area contributed by atoms with Crippen LogP contribution in [0.4, 0.5) is 0 Å². The maximum absolute atomic E-state index is 14.0. The van der Waals surface area contributed by atoms with E-state index in [2.05, 4.69) is 56.7 Å². The Morgan fingerprint density at radius 2 is 1.68 bits per heavy atom. The molecule has 1 aromatic carbocycles. The van der Waals surface area contributed by atoms with E-state index in [0.29, 0.717) is 24.6 Å². The van der Waals surface area contributed by atoms with Crippen molar-refractivity contribution in [3.8, 4) is 5.75 Å². The lowest BCUT2D eigenvalue weighted by atomic mass is 9.94. The van der Waals surface area contributed by atoms with Gasteiger partial charge in [-0.15, -0.1) is 0 Å². The summed E-state index contributed by atoms with van der Waals surface area (Å²) < 4.78 is 10.4. The van der Waals surface area contributed by atoms with Gasteiger partial charge in [-0.3, -0.25) is 4.79 Å². The molecule has 40 heavy (non-hydrogen) atoms. The number of aromatic amines is 1. The van der Waals surface area contributed by atoms with E-state index in [1.165, 1.54) is 17.6 Å². The summed E-state index contributed by atoms with van der Waals surface area (Å²) in [6, 6.07) is 7.81. The molecule has 0 unspecified atom stereocenters. The Labute approximate surface area is 241 Å². The Kier molecular flexibility index (Phi) is 13.2. The topological polar surface area (TPSA) is 84.5 Å². The number of ether oxygens (including phenoxy) is 2. The third kappa shape index (κ3) is 9.10. The van der Waals surface area contributed by atoms with Gasteiger partial charge in [0.25, 0.3) is 0 Å². The molecule has 7 heteroatoms. The molecule has 1 N–H and O–H groups in total. The van der Waals surface area contributed by atoms with Gasteiger partial charge in [0.1, 0.15) is 11.6 Å². The number of aryl methyl sites for hydroxylation is 1. The van der Waals surface area contributed by atoms with Crippen LogP contribution in [-0.4, -0.2) is 47.0 Å². The summed E-state index contributed by atoms with van der Waals surface area (Å²) in [5.74, 6) is 1.02. The fourth-order valence-electron chi connectivity index (χ4n) is 4.43. The van der Waals surface area contributed by atoms with Gasteiger partial charge in [0, 0.05) is 12.2 Å². The molecule has 1 saturated carbocycles. The lowest BCUT2D eigenvalue weighted by Gasteiger charge is -2.27. The highest BCUT2D eigenvalue weighted by Gasteiger charge is 2.53. The van der Waals surface area contributed by atoms with Gasteiger partial charge in [-0.1, -0.05) is 62.6 Å². The fraction of sp³-hybridized carbons (Fsp3) is 0.545. The van der Waals surface area contributed by atoms with Gasteiger partial charge >= 0.3 is 5.97 Å². The third-order valence-electron chi connectivity index (χ3n) is 7.04. The highest BCUT2D eigenvalue weighted by Crippen LogP contribution is 2.50. The fourth-order valence-corrected chi connectivity index (χ4v) is 4.43. The van der Waals surface area contributed by atoms with Gasteiger partial charge < -0.3 is 19.4 Å². The van der Waals surface area contributed by atoms with Crippen LogP contribution >= 0.6 is 0 Å². The first-order valence-electron chi connectivity index (χ1n) is 14.6. The van der Waals surface area contributed by atoms with E-state index in [4.69, 9.17) is 9.47 Å². The van der Waals surface area contributed by atoms with Crippen molar-refractivity contribution >= 4 is 11.9 Å². The molecule has 0 spiro atoms. The molecule has 1 fully saturated rings. The summed E-state index contributed by atoms with van der Waals surface area (Å²) in [6.07, 6.45) is 10.0. The van der Waals surface area contributed by atoms with Crippen LogP contribution in [0, 0.1) is 6.92 Å². The summed E-state index contributed by atoms with van der Waals surface area (Å²) in [5, 5.41) is 0. The number of aromatic nitrogens is 2. The molecule has 2 aromatic rings. The van der Waals surface area contributed by atoms with Crippen LogP contribution in [0.2, 0.25) is 0 Å². The number of carbonyl (C=O) groups is 2. The first-order chi connectivity index (χ1) is 19.1. The summed E-state index contributed by atoms with van der Waals surface area (Å²) in [4.78, 5) is 35.8. The molecule has 0 aliphatic heterocycles. The second-order valence-corrected chi connectivity index (χ2v) is 10.6. The van der Waals surface area contributed by atoms with Crippen LogP contribution in [0.1, 0.15) is 108 Å². The minimum absolute atomic E-state index is 0.104. The summed E-state index contributed by atoms with van der Waals surface area (Å²) in [7, 11) is 1.64. The minimum atomic E-state index is -0.510. The molecule has 7 nitrogen and oxygen atoms in total. The number of methoxy groups -OCH3 is 1. The van der Waals surface area contributed by atoms with Crippen LogP contribution < -0.4 is 4.74 Å². The molecule has 3 rings (SSSR count). The predicted molar refractivity (Wildman–Crippen MR) is 162 cm³/mol. The van der Waals surface area contributed by atoms with Crippen LogP contribution in [0.25, 0.3) is 0 Å². The first kappa shape index (κ1) is 32.9. The Morgan fingerprint density at radius 1 is 1.05 bits per heavy atom. The SMILES string of the molecule is CCC.CCOC(=O)c1nc(CN(CCC/C(C)=C/C=C(\C)CC)C(=O)C2(c3ccc(OC)cc3)CC2)[nH]c1C. The van der Waals surface area contributed by atoms with Crippen molar-refractivity contribution in [2.24, 2.45) is 0 Å². The average molecular weight is 552 g/mol. The molecule has 1 aliphatic rings. The van der Waals surface area contributed by atoms with Crippen molar-refractivity contribution in [3.05, 3.63) is 70.3 Å². The number of hydrogen-bond acceptors (Lipinski definition) is 5. The second-order valence-electron chi connectivity index (χ2n) is 10.6. The van der Waals surface area contributed by atoms with Crippen LogP contribution in [0.3, 0.4) is 0 Å². The monoisotopic (exact) mass is 551 g/mol. The maximum atomic E-state index is 14.0. The largest absolute Gasteiger partial charge is 0.497 e. The summed E-state index contributed by atoms with van der Waals surface area (Å²) >= 11 is 0. The molecule has 1 heterocycles. The van der Waals surface area contributed by atoms with Gasteiger partial charge in [-0.25, -0.2) is 9.78 Å². The minimum Gasteiger partial charge on any atom is -0.497 e. The normalized spacial score (nSPS) is 14.2. The standard InChI is InChI=1S/C30H41N3O4.C3H8/c1-7-21(3)11-12-22(4)10-9-19-33(20-26-31-23(5)27(32-26)28(34)37-8-2)29(35)30(17-18-30)24-13-15-25(36-6)16-14-24;1-3-2/h11-16H,7-10,17-20H2,1-6H3,(H,31,32);3H2,1-2H3/b21-11+,22-12+;. The number of imidazole rings is 1. The lowest BCUT2D eigenvalue weighted by Crippen LogP contribution is -2.39. The number of allylic oxidation sites excluding steroid dienone is 4. The average Bonchev–Trinajstić information content (AvgIpc) is 3.68. The molecule has 0 atom stereocenters. The van der Waals surface area contributed by atoms with E-state index in [1.54, 1.807) is 21.0 Å². The Morgan fingerprint density at radius 3 is 2.23 bits per heavy atom. The van der Waals surface area contributed by atoms with Crippen LogP contribution in [0.5, 0.6) is 5.75 Å². The molecule has 0 bridgehead atoms. The van der Waals surface area contributed by atoms with Crippen LogP contribution in [-0.2, 0) is 21.5 Å². The van der Waals surface area contributed by atoms with E-state index in [0.717, 1.165) is 43.4 Å². The number of esters is 1. The molecule has 0 saturated heterocycles. The van der Waals surface area contributed by atoms with Gasteiger partial charge in [0.2, 0.25) is 5.91 Å². The smallest absolute Gasteiger partial charge is 0.358 e. The van der Waals surface area contributed by atoms with E-state index in [1.807, 2.05) is 29.2 Å². The number of carbonyl (C=O) groups excluding carboxylic acids is 2. The quantitative estimate of drug-likeness (QED) is 0.206. The molecular weight excluding hydrogens is 502 g/mol. The van der Waals surface area contributed by atoms with Gasteiger partial charge in [-0.05, 0) is 77.5 Å². The lowest BCUT2D eigenvalue weighted by molar-refractivity contribution is -0.134. The Hall–Kier alpha value is -3.35. The third-order valence-corrected chi connectivity index (χ3v) is 7.04. The predicted octanol–water partition coefficient (Wildman–Crippen LogP) is 7.46. The Balaban J connectivity index is 0.00000178. The number of benzene rings is 1. The van der Waals surface area contributed by atoms with Crippen molar-refractivity contribution < 1.29 is 19.1 Å². The van der Waals surface area contributed by atoms with E-state index < -0.39 is 11.4 Å². The zero-order valence-corrected chi connectivity index (χ0v) is 25.9. The van der Waals surface area contributed by atoms with E-state index in [9.17, 15) is 9.59 Å². The van der Waals surface area contributed by atoms with Gasteiger partial charge in [-0.2, -0.15) is 0 Å². The van der Waals surface area contributed by atoms with Crippen molar-refractivity contribution in [1.82, 2.24) is 14.9 Å². The van der Waals surface area contributed by atoms with Crippen LogP contribution in [0.15, 0.2) is 47.6 Å². The zero-order chi connectivity index (χ0) is 29.7. The van der Waals surface area contributed by atoms with E-state index in [-0.39, 0.29) is 18.2 Å². The molecule has 220 valence electrons. The Bertz CT molecular complexity index is 1160. The first-order valence-corrected chi connectivity index (χ1v) is 14.6. The number of H-pyrrole nitrogens is 1. The van der Waals surface area contributed by atoms with Crippen molar-refractivity contribution in [2.45, 2.75) is 99.0 Å². The maximum Gasteiger partial charge on any atom is 0.358 e. The number of rotatable bonds is 13. The molecule has 1 aliphatic carbocycles. The number of amides is 1. The van der Waals surface area contributed by atoms with Crippen molar-refractivity contribution in [2.75, 3.05) is 20.3 Å². The molecular formula is C33H49N3O4. The zero-order valence-electron chi connectivity index (χ0n) is 25.9. The summed E-state index contributed by atoms with van der Waals surface area (Å²) in [5.41, 5.74) is 4.06. The molecule has 1 aromatic heterocycles. The highest BCUT2D eigenvalue weighted by atomic mass is 16.5. The summed E-state index contributed by atoms with van der Waals surface area (Å²) in [6.45, 7) is 15.4. The highest BCUT2D eigenvalue weighted by molar-refractivity contribution is 5.91. The van der Waals surface area contributed by atoms with Gasteiger partial charge in [0.05, 0.1) is 25.7 Å². The molecule has 0 radical (unpaired) electrons. The second kappa shape index (κ2) is 16.0. The molecule has 1 amide bonds. The number of nitrogens with zero attached hydrogens (tertiary/aromatic N) is 2. The number of hydrogen-bond donors (Lipinski definition) is 1. The van der Waals surface area contributed by atoms with Crippen molar-refractivity contribution in [3.63, 3.8) is 0 Å². The van der Waals surface area contributed by atoms with Crippen molar-refractivity contribution in [1.29, 1.82) is 0 Å².